The highest BCUT2D eigenvalue weighted by atomic mass is 32.2. The van der Waals surface area contributed by atoms with Gasteiger partial charge in [-0.3, -0.25) is 9.59 Å². The lowest BCUT2D eigenvalue weighted by atomic mass is 10.2. The summed E-state index contributed by atoms with van der Waals surface area (Å²) in [6, 6.07) is 2.11. The molecule has 1 saturated heterocycles. The van der Waals surface area contributed by atoms with Gasteiger partial charge in [-0.1, -0.05) is 0 Å². The van der Waals surface area contributed by atoms with Crippen molar-refractivity contribution in [3.8, 4) is 0 Å². The molecule has 22 heavy (non-hydrogen) atoms. The molecule has 1 aliphatic heterocycles. The highest BCUT2D eigenvalue weighted by Crippen LogP contribution is 2.42. The van der Waals surface area contributed by atoms with Crippen LogP contribution in [0.1, 0.15) is 35.6 Å². The Labute approximate surface area is 139 Å². The summed E-state index contributed by atoms with van der Waals surface area (Å²) in [5.74, 6) is 1.26. The second kappa shape index (κ2) is 6.62. The van der Waals surface area contributed by atoms with Crippen LogP contribution < -0.4 is 0 Å². The van der Waals surface area contributed by atoms with Crippen LogP contribution >= 0.6 is 23.1 Å². The van der Waals surface area contributed by atoms with Crippen LogP contribution in [0.25, 0.3) is 0 Å². The van der Waals surface area contributed by atoms with Gasteiger partial charge in [0.1, 0.15) is 5.37 Å². The van der Waals surface area contributed by atoms with Gasteiger partial charge in [-0.25, -0.2) is 0 Å². The second-order valence-electron chi connectivity index (χ2n) is 5.91. The normalized spacial score (nSPS) is 21.5. The van der Waals surface area contributed by atoms with Gasteiger partial charge < -0.3 is 9.80 Å². The average Bonchev–Trinajstić information content (AvgIpc) is 3.19. The van der Waals surface area contributed by atoms with Crippen molar-refractivity contribution in [3.63, 3.8) is 0 Å². The average molecular weight is 338 g/mol. The first-order chi connectivity index (χ1) is 10.6. The monoisotopic (exact) mass is 338 g/mol. The maximum atomic E-state index is 12.2. The van der Waals surface area contributed by atoms with E-state index in [4.69, 9.17) is 0 Å². The van der Waals surface area contributed by atoms with Crippen molar-refractivity contribution in [3.05, 3.63) is 21.9 Å². The Kier molecular flexibility index (Phi) is 4.78. The molecule has 1 aliphatic carbocycles. The molecule has 6 heteroatoms. The number of carbonyl (C=O) groups is 2. The summed E-state index contributed by atoms with van der Waals surface area (Å²) in [5.41, 5.74) is 1.25. The standard InChI is InChI=1S/C16H22N2O2S2/c1-3-17(15(20)12-4-5-12)7-8-18-13(19)10-22-16(18)14-11(2)6-9-21-14/h6,9,12,16H,3-5,7-8,10H2,1-2H3/t16-/m0/s1. The zero-order valence-electron chi connectivity index (χ0n) is 13.1. The number of thioether (sulfide) groups is 1. The van der Waals surface area contributed by atoms with E-state index >= 15 is 0 Å². The summed E-state index contributed by atoms with van der Waals surface area (Å²) in [4.78, 5) is 29.6. The lowest BCUT2D eigenvalue weighted by Crippen LogP contribution is -2.40. The number of aryl methyl sites for hydroxylation is 1. The fraction of sp³-hybridized carbons (Fsp3) is 0.625. The van der Waals surface area contributed by atoms with Gasteiger partial charge in [-0.15, -0.1) is 23.1 Å². The van der Waals surface area contributed by atoms with Gasteiger partial charge in [0.25, 0.3) is 0 Å². The first kappa shape index (κ1) is 15.9. The lowest BCUT2D eigenvalue weighted by Gasteiger charge is -2.28. The summed E-state index contributed by atoms with van der Waals surface area (Å²) in [7, 11) is 0. The van der Waals surface area contributed by atoms with E-state index in [1.165, 1.54) is 10.4 Å². The molecule has 2 amide bonds. The molecule has 0 unspecified atom stereocenters. The number of nitrogens with zero attached hydrogens (tertiary/aromatic N) is 2. The molecule has 1 atom stereocenters. The molecule has 1 aromatic heterocycles. The molecule has 1 saturated carbocycles. The fourth-order valence-electron chi connectivity index (χ4n) is 2.79. The highest BCUT2D eigenvalue weighted by molar-refractivity contribution is 8.00. The number of rotatable bonds is 6. The Bertz CT molecular complexity index is 568. The zero-order chi connectivity index (χ0) is 15.7. The van der Waals surface area contributed by atoms with Gasteiger partial charge in [0.15, 0.2) is 0 Å². The van der Waals surface area contributed by atoms with Crippen molar-refractivity contribution < 1.29 is 9.59 Å². The molecule has 0 radical (unpaired) electrons. The van der Waals surface area contributed by atoms with Crippen LogP contribution in [0.15, 0.2) is 11.4 Å². The van der Waals surface area contributed by atoms with Crippen LogP contribution in [0.3, 0.4) is 0 Å². The Morgan fingerprint density at radius 3 is 2.82 bits per heavy atom. The minimum absolute atomic E-state index is 0.127. The van der Waals surface area contributed by atoms with Crippen molar-refractivity contribution >= 4 is 34.9 Å². The van der Waals surface area contributed by atoms with E-state index in [-0.39, 0.29) is 23.1 Å². The van der Waals surface area contributed by atoms with Gasteiger partial charge >= 0.3 is 0 Å². The minimum Gasteiger partial charge on any atom is -0.341 e. The molecule has 0 N–H and O–H groups in total. The van der Waals surface area contributed by atoms with Crippen molar-refractivity contribution in [2.75, 3.05) is 25.4 Å². The van der Waals surface area contributed by atoms with Crippen LogP contribution in [0.2, 0.25) is 0 Å². The summed E-state index contributed by atoms with van der Waals surface area (Å²) in [5, 5.41) is 2.21. The molecular formula is C16H22N2O2S2. The van der Waals surface area contributed by atoms with Gasteiger partial charge in [-0.2, -0.15) is 0 Å². The van der Waals surface area contributed by atoms with E-state index in [0.717, 1.165) is 19.4 Å². The third-order valence-corrected chi connectivity index (χ3v) is 6.76. The van der Waals surface area contributed by atoms with Gasteiger partial charge in [-0.05, 0) is 43.7 Å². The molecular weight excluding hydrogens is 316 g/mol. The smallest absolute Gasteiger partial charge is 0.233 e. The molecule has 0 bridgehead atoms. The highest BCUT2D eigenvalue weighted by Gasteiger charge is 2.36. The number of hydrogen-bond acceptors (Lipinski definition) is 4. The number of hydrogen-bond donors (Lipinski definition) is 0. The lowest BCUT2D eigenvalue weighted by molar-refractivity contribution is -0.134. The fourth-order valence-corrected chi connectivity index (χ4v) is 5.29. The largest absolute Gasteiger partial charge is 0.341 e. The van der Waals surface area contributed by atoms with E-state index < -0.39 is 0 Å². The third kappa shape index (κ3) is 3.18. The molecule has 2 heterocycles. The topological polar surface area (TPSA) is 40.6 Å². The maximum Gasteiger partial charge on any atom is 0.233 e. The zero-order valence-corrected chi connectivity index (χ0v) is 14.7. The molecule has 2 aliphatic rings. The Hall–Kier alpha value is -1.01. The van der Waals surface area contributed by atoms with Crippen molar-refractivity contribution in [2.24, 2.45) is 5.92 Å². The summed E-state index contributed by atoms with van der Waals surface area (Å²) >= 11 is 3.42. The van der Waals surface area contributed by atoms with Crippen molar-refractivity contribution in [1.82, 2.24) is 9.80 Å². The summed E-state index contributed by atoms with van der Waals surface area (Å²) in [6.07, 6.45) is 2.07. The molecule has 2 fully saturated rings. The van der Waals surface area contributed by atoms with Gasteiger partial charge in [0, 0.05) is 30.4 Å². The van der Waals surface area contributed by atoms with E-state index in [1.54, 1.807) is 23.1 Å². The summed E-state index contributed by atoms with van der Waals surface area (Å²) in [6.45, 7) is 6.14. The van der Waals surface area contributed by atoms with Crippen LogP contribution in [0, 0.1) is 12.8 Å². The van der Waals surface area contributed by atoms with Gasteiger partial charge in [0.05, 0.1) is 5.75 Å². The van der Waals surface area contributed by atoms with Gasteiger partial charge in [0.2, 0.25) is 11.8 Å². The second-order valence-corrected chi connectivity index (χ2v) is 7.93. The van der Waals surface area contributed by atoms with Crippen LogP contribution in [0.4, 0.5) is 0 Å². The first-order valence-electron chi connectivity index (χ1n) is 7.85. The molecule has 0 spiro atoms. The van der Waals surface area contributed by atoms with E-state index in [9.17, 15) is 9.59 Å². The SMILES string of the molecule is CCN(CCN1C(=O)CS[C@H]1c1sccc1C)C(=O)C1CC1. The molecule has 3 rings (SSSR count). The van der Waals surface area contributed by atoms with E-state index in [1.807, 2.05) is 16.7 Å². The Balaban J connectivity index is 1.65. The summed E-state index contributed by atoms with van der Waals surface area (Å²) < 4.78 is 0. The van der Waals surface area contributed by atoms with Crippen LogP contribution in [-0.4, -0.2) is 47.0 Å². The van der Waals surface area contributed by atoms with Crippen LogP contribution in [0.5, 0.6) is 0 Å². The number of carbonyl (C=O) groups excluding carboxylic acids is 2. The number of thiophene rings is 1. The third-order valence-electron chi connectivity index (χ3n) is 4.32. The Morgan fingerprint density at radius 2 is 2.23 bits per heavy atom. The first-order valence-corrected chi connectivity index (χ1v) is 9.78. The molecule has 1 aromatic rings. The minimum atomic E-state index is 0.127. The van der Waals surface area contributed by atoms with Crippen molar-refractivity contribution in [2.45, 2.75) is 32.1 Å². The maximum absolute atomic E-state index is 12.2. The van der Waals surface area contributed by atoms with E-state index in [0.29, 0.717) is 18.8 Å². The number of likely N-dealkylation sites (N-methyl/N-ethyl adjacent to an activating group) is 1. The van der Waals surface area contributed by atoms with Crippen molar-refractivity contribution in [1.29, 1.82) is 0 Å². The quantitative estimate of drug-likeness (QED) is 0.801. The van der Waals surface area contributed by atoms with E-state index in [2.05, 4.69) is 18.4 Å². The molecule has 0 aromatic carbocycles. The Morgan fingerprint density at radius 1 is 1.45 bits per heavy atom. The molecule has 4 nitrogen and oxygen atoms in total. The predicted molar refractivity (Wildman–Crippen MR) is 90.9 cm³/mol. The number of amides is 2. The van der Waals surface area contributed by atoms with Crippen LogP contribution in [-0.2, 0) is 9.59 Å². The predicted octanol–water partition coefficient (Wildman–Crippen LogP) is 2.89. The molecule has 120 valence electrons.